The Hall–Kier alpha value is -2.79. The molecule has 5 unspecified atom stereocenters. The Balaban J connectivity index is 3.15. The highest BCUT2D eigenvalue weighted by atomic mass is 32.2. The molecule has 0 heterocycles. The molecule has 0 aliphatic heterocycles. The Morgan fingerprint density at radius 2 is 1.46 bits per heavy atom. The second-order valence-corrected chi connectivity index (χ2v) is 10.7. The van der Waals surface area contributed by atoms with Gasteiger partial charge in [0.1, 0.15) is 23.9 Å². The van der Waals surface area contributed by atoms with Crippen molar-refractivity contribution in [3.05, 3.63) is 29.8 Å². The number of aromatic hydroxyl groups is 1. The first kappa shape index (κ1) is 32.2. The number of carboxylic acids is 1. The third-order valence-electron chi connectivity index (χ3n) is 6.13. The third kappa shape index (κ3) is 11.4. The van der Waals surface area contributed by atoms with E-state index in [1.54, 1.807) is 12.1 Å². The van der Waals surface area contributed by atoms with Crippen molar-refractivity contribution in [3.8, 4) is 5.75 Å². The number of benzene rings is 1. The van der Waals surface area contributed by atoms with Gasteiger partial charge in [-0.05, 0) is 54.4 Å². The topological polar surface area (TPSA) is 171 Å². The van der Waals surface area contributed by atoms with Crippen LogP contribution in [0.4, 0.5) is 0 Å². The Morgan fingerprint density at radius 1 is 0.919 bits per heavy atom. The molecule has 0 spiro atoms. The smallest absolute Gasteiger partial charge is 0.326 e. The number of rotatable bonds is 16. The first-order valence-corrected chi connectivity index (χ1v) is 13.9. The van der Waals surface area contributed by atoms with Gasteiger partial charge < -0.3 is 31.9 Å². The standard InChI is InChI=1S/C26H42N4O6S/c1-6-16(4)22(27)25(34)30-20(13-15(2)3)23(32)29-21(14-17-7-9-18(31)10-8-17)24(33)28-19(26(35)36)11-12-37-5/h7-10,15-16,19-22,31H,6,11-14,27H2,1-5H3,(H,28,33)(H,29,32)(H,30,34)(H,35,36). The lowest BCUT2D eigenvalue weighted by atomic mass is 9.97. The molecule has 0 saturated carbocycles. The number of carbonyl (C=O) groups excluding carboxylic acids is 3. The molecule has 7 N–H and O–H groups in total. The summed E-state index contributed by atoms with van der Waals surface area (Å²) < 4.78 is 0. The van der Waals surface area contributed by atoms with Gasteiger partial charge in [-0.3, -0.25) is 14.4 Å². The maximum atomic E-state index is 13.3. The zero-order valence-corrected chi connectivity index (χ0v) is 23.1. The highest BCUT2D eigenvalue weighted by Gasteiger charge is 2.31. The van der Waals surface area contributed by atoms with Crippen LogP contribution < -0.4 is 21.7 Å². The summed E-state index contributed by atoms with van der Waals surface area (Å²) in [6.07, 6.45) is 3.14. The average molecular weight is 539 g/mol. The maximum absolute atomic E-state index is 13.3. The molecule has 10 nitrogen and oxygen atoms in total. The first-order chi connectivity index (χ1) is 17.4. The summed E-state index contributed by atoms with van der Waals surface area (Å²) in [7, 11) is 0. The number of carbonyl (C=O) groups is 4. The summed E-state index contributed by atoms with van der Waals surface area (Å²) in [5.74, 6) is -2.26. The van der Waals surface area contributed by atoms with Crippen molar-refractivity contribution in [2.24, 2.45) is 17.6 Å². The van der Waals surface area contributed by atoms with Crippen LogP contribution in [0, 0.1) is 11.8 Å². The third-order valence-corrected chi connectivity index (χ3v) is 6.78. The fraction of sp³-hybridized carbons (Fsp3) is 0.615. The molecular formula is C26H42N4O6S. The van der Waals surface area contributed by atoms with Crippen LogP contribution in [0.3, 0.4) is 0 Å². The maximum Gasteiger partial charge on any atom is 0.326 e. The van der Waals surface area contributed by atoms with Crippen LogP contribution in [0.1, 0.15) is 52.5 Å². The highest BCUT2D eigenvalue weighted by Crippen LogP contribution is 2.13. The van der Waals surface area contributed by atoms with Crippen LogP contribution in [0.5, 0.6) is 5.75 Å². The monoisotopic (exact) mass is 538 g/mol. The van der Waals surface area contributed by atoms with Crippen molar-refractivity contribution in [3.63, 3.8) is 0 Å². The first-order valence-electron chi connectivity index (χ1n) is 12.6. The van der Waals surface area contributed by atoms with Gasteiger partial charge in [-0.15, -0.1) is 0 Å². The molecule has 0 fully saturated rings. The van der Waals surface area contributed by atoms with E-state index < -0.39 is 47.9 Å². The number of phenols is 1. The molecule has 0 bridgehead atoms. The van der Waals surface area contributed by atoms with Gasteiger partial charge in [0.25, 0.3) is 0 Å². The summed E-state index contributed by atoms with van der Waals surface area (Å²) in [5.41, 5.74) is 6.70. The van der Waals surface area contributed by atoms with E-state index >= 15 is 0 Å². The number of nitrogens with two attached hydrogens (primary N) is 1. The van der Waals surface area contributed by atoms with Gasteiger partial charge in [-0.1, -0.05) is 46.2 Å². The molecule has 0 aliphatic carbocycles. The number of hydrogen-bond donors (Lipinski definition) is 6. The number of phenolic OH excluding ortho intramolecular Hbond substituents is 1. The van der Waals surface area contributed by atoms with Gasteiger partial charge in [-0.25, -0.2) is 4.79 Å². The van der Waals surface area contributed by atoms with Gasteiger partial charge >= 0.3 is 5.97 Å². The average Bonchev–Trinajstić information content (AvgIpc) is 2.85. The van der Waals surface area contributed by atoms with Crippen molar-refractivity contribution in [2.45, 2.75) is 77.5 Å². The molecule has 5 atom stereocenters. The van der Waals surface area contributed by atoms with E-state index in [1.165, 1.54) is 23.9 Å². The molecule has 1 rings (SSSR count). The number of nitrogens with one attached hydrogen (secondary N) is 3. The van der Waals surface area contributed by atoms with Crippen LogP contribution in [-0.4, -0.2) is 70.1 Å². The molecular weight excluding hydrogens is 496 g/mol. The van der Waals surface area contributed by atoms with Crippen molar-refractivity contribution >= 4 is 35.5 Å². The lowest BCUT2D eigenvalue weighted by Gasteiger charge is -2.27. The Bertz CT molecular complexity index is 896. The van der Waals surface area contributed by atoms with E-state index in [0.29, 0.717) is 24.2 Å². The summed E-state index contributed by atoms with van der Waals surface area (Å²) in [4.78, 5) is 50.9. The number of hydrogen-bond acceptors (Lipinski definition) is 7. The quantitative estimate of drug-likeness (QED) is 0.184. The molecule has 0 aliphatic rings. The molecule has 0 aromatic heterocycles. The fourth-order valence-electron chi connectivity index (χ4n) is 3.60. The minimum absolute atomic E-state index is 0.0501. The Kier molecular flexibility index (Phi) is 14.1. The van der Waals surface area contributed by atoms with E-state index in [9.17, 15) is 29.4 Å². The highest BCUT2D eigenvalue weighted by molar-refractivity contribution is 7.98. The molecule has 11 heteroatoms. The fourth-order valence-corrected chi connectivity index (χ4v) is 4.07. The number of aliphatic carboxylic acids is 1. The predicted molar refractivity (Wildman–Crippen MR) is 145 cm³/mol. The van der Waals surface area contributed by atoms with E-state index in [0.717, 1.165) is 0 Å². The summed E-state index contributed by atoms with van der Waals surface area (Å²) in [5, 5.41) is 27.1. The summed E-state index contributed by atoms with van der Waals surface area (Å²) in [6, 6.07) is 2.22. The molecule has 0 radical (unpaired) electrons. The van der Waals surface area contributed by atoms with Gasteiger partial charge in [0.15, 0.2) is 0 Å². The van der Waals surface area contributed by atoms with E-state index in [2.05, 4.69) is 16.0 Å². The van der Waals surface area contributed by atoms with Crippen LogP contribution in [0.15, 0.2) is 24.3 Å². The number of carboxylic acid groups (broad SMARTS) is 1. The van der Waals surface area contributed by atoms with Gasteiger partial charge in [0, 0.05) is 6.42 Å². The molecule has 0 saturated heterocycles. The summed E-state index contributed by atoms with van der Waals surface area (Å²) in [6.45, 7) is 7.59. The molecule has 1 aromatic rings. The largest absolute Gasteiger partial charge is 0.508 e. The van der Waals surface area contributed by atoms with Gasteiger partial charge in [0.2, 0.25) is 17.7 Å². The predicted octanol–water partition coefficient (Wildman–Crippen LogP) is 1.65. The van der Waals surface area contributed by atoms with E-state index in [4.69, 9.17) is 5.73 Å². The van der Waals surface area contributed by atoms with Crippen molar-refractivity contribution in [2.75, 3.05) is 12.0 Å². The van der Waals surface area contributed by atoms with Gasteiger partial charge in [-0.2, -0.15) is 11.8 Å². The van der Waals surface area contributed by atoms with Crippen molar-refractivity contribution in [1.29, 1.82) is 0 Å². The SMILES string of the molecule is CCC(C)C(N)C(=O)NC(CC(C)C)C(=O)NC(Cc1ccc(O)cc1)C(=O)NC(CCSC)C(=O)O. The molecule has 37 heavy (non-hydrogen) atoms. The summed E-state index contributed by atoms with van der Waals surface area (Å²) >= 11 is 1.46. The van der Waals surface area contributed by atoms with Crippen LogP contribution in [0.2, 0.25) is 0 Å². The normalized spacial score (nSPS) is 15.2. The Labute approximate surface area is 223 Å². The minimum Gasteiger partial charge on any atom is -0.508 e. The molecule has 1 aromatic carbocycles. The second-order valence-electron chi connectivity index (χ2n) is 9.71. The second kappa shape index (κ2) is 16.1. The van der Waals surface area contributed by atoms with Crippen molar-refractivity contribution in [1.82, 2.24) is 16.0 Å². The molecule has 208 valence electrons. The lowest BCUT2D eigenvalue weighted by molar-refractivity contribution is -0.142. The lowest BCUT2D eigenvalue weighted by Crippen LogP contribution is -2.58. The zero-order chi connectivity index (χ0) is 28.1. The number of amides is 3. The van der Waals surface area contributed by atoms with E-state index in [-0.39, 0.29) is 30.4 Å². The number of thioether (sulfide) groups is 1. The van der Waals surface area contributed by atoms with Crippen molar-refractivity contribution < 1.29 is 29.4 Å². The van der Waals surface area contributed by atoms with Crippen LogP contribution in [0.25, 0.3) is 0 Å². The zero-order valence-electron chi connectivity index (χ0n) is 22.3. The minimum atomic E-state index is -1.17. The van der Waals surface area contributed by atoms with E-state index in [1.807, 2.05) is 34.0 Å². The van der Waals surface area contributed by atoms with Crippen LogP contribution in [-0.2, 0) is 25.6 Å². The molecule has 3 amide bonds. The Morgan fingerprint density at radius 3 is 1.97 bits per heavy atom. The van der Waals surface area contributed by atoms with Crippen LogP contribution >= 0.6 is 11.8 Å². The van der Waals surface area contributed by atoms with Gasteiger partial charge in [0.05, 0.1) is 6.04 Å².